The van der Waals surface area contributed by atoms with Gasteiger partial charge in [0.25, 0.3) is 0 Å². The average molecular weight is 385 g/mol. The lowest BCUT2D eigenvalue weighted by molar-refractivity contribution is -0.136. The van der Waals surface area contributed by atoms with E-state index in [9.17, 15) is 14.7 Å². The SMILES string of the molecule is CCOc1cc([C@@H]2C(C(=O)OC)=C(C)N=C3CC(C)(C)CC(=O)C32)ccc1O. The number of fused-ring (bicyclic) bond motifs is 1. The van der Waals surface area contributed by atoms with Crippen molar-refractivity contribution >= 4 is 17.5 Å². The maximum Gasteiger partial charge on any atom is 0.336 e. The molecule has 1 N–H and O–H groups in total. The zero-order chi connectivity index (χ0) is 20.6. The number of ether oxygens (including phenoxy) is 2. The van der Waals surface area contributed by atoms with Crippen LogP contribution in [0.4, 0.5) is 0 Å². The van der Waals surface area contributed by atoms with Gasteiger partial charge in [-0.15, -0.1) is 0 Å². The summed E-state index contributed by atoms with van der Waals surface area (Å²) in [4.78, 5) is 30.4. The molecule has 0 radical (unpaired) electrons. The Labute approximate surface area is 165 Å². The summed E-state index contributed by atoms with van der Waals surface area (Å²) in [5, 5.41) is 10.1. The smallest absolute Gasteiger partial charge is 0.336 e. The van der Waals surface area contributed by atoms with Crippen LogP contribution in [0, 0.1) is 11.3 Å². The van der Waals surface area contributed by atoms with Crippen molar-refractivity contribution in [3.05, 3.63) is 35.0 Å². The quantitative estimate of drug-likeness (QED) is 0.797. The second-order valence-corrected chi connectivity index (χ2v) is 8.19. The topological polar surface area (TPSA) is 85.2 Å². The van der Waals surface area contributed by atoms with Gasteiger partial charge in [0.2, 0.25) is 0 Å². The zero-order valence-corrected chi connectivity index (χ0v) is 17.0. The van der Waals surface area contributed by atoms with Crippen molar-refractivity contribution < 1.29 is 24.2 Å². The number of carbonyl (C=O) groups excluding carboxylic acids is 2. The average Bonchev–Trinajstić information content (AvgIpc) is 2.61. The number of methoxy groups -OCH3 is 1. The zero-order valence-electron chi connectivity index (χ0n) is 17.0. The summed E-state index contributed by atoms with van der Waals surface area (Å²) in [7, 11) is 1.33. The summed E-state index contributed by atoms with van der Waals surface area (Å²) in [6.45, 7) is 8.11. The van der Waals surface area contributed by atoms with Gasteiger partial charge in [0.1, 0.15) is 5.78 Å². The molecule has 1 aliphatic carbocycles. The van der Waals surface area contributed by atoms with Gasteiger partial charge in [-0.2, -0.15) is 0 Å². The van der Waals surface area contributed by atoms with Crippen molar-refractivity contribution in [3.8, 4) is 11.5 Å². The van der Waals surface area contributed by atoms with Crippen molar-refractivity contribution in [2.24, 2.45) is 16.3 Å². The van der Waals surface area contributed by atoms with Gasteiger partial charge in [-0.1, -0.05) is 19.9 Å². The van der Waals surface area contributed by atoms with Crippen LogP contribution in [0.1, 0.15) is 52.0 Å². The van der Waals surface area contributed by atoms with Crippen LogP contribution in [0.3, 0.4) is 0 Å². The van der Waals surface area contributed by atoms with Crippen molar-refractivity contribution in [3.63, 3.8) is 0 Å². The minimum Gasteiger partial charge on any atom is -0.504 e. The van der Waals surface area contributed by atoms with E-state index in [0.717, 1.165) is 11.3 Å². The number of allylic oxidation sites excluding steroid dienone is 1. The molecule has 1 unspecified atom stereocenters. The summed E-state index contributed by atoms with van der Waals surface area (Å²) < 4.78 is 10.5. The van der Waals surface area contributed by atoms with Gasteiger partial charge in [0.05, 0.1) is 25.2 Å². The fraction of sp³-hybridized carbons (Fsp3) is 0.500. The normalized spacial score (nSPS) is 23.8. The van der Waals surface area contributed by atoms with Crippen LogP contribution >= 0.6 is 0 Å². The molecule has 2 atom stereocenters. The molecule has 150 valence electrons. The molecule has 6 heteroatoms. The molecule has 0 saturated heterocycles. The highest BCUT2D eigenvalue weighted by Crippen LogP contribution is 2.47. The van der Waals surface area contributed by atoms with E-state index in [2.05, 4.69) is 18.8 Å². The Hall–Kier alpha value is -2.63. The van der Waals surface area contributed by atoms with E-state index in [-0.39, 0.29) is 16.9 Å². The summed E-state index contributed by atoms with van der Waals surface area (Å²) >= 11 is 0. The molecule has 1 aromatic carbocycles. The molecule has 1 heterocycles. The molecule has 0 spiro atoms. The maximum atomic E-state index is 13.1. The highest BCUT2D eigenvalue weighted by Gasteiger charge is 2.47. The van der Waals surface area contributed by atoms with Gasteiger partial charge in [0, 0.05) is 23.7 Å². The molecule has 2 aliphatic rings. The molecule has 1 aliphatic heterocycles. The van der Waals surface area contributed by atoms with Crippen LogP contribution in [0.15, 0.2) is 34.5 Å². The number of phenolic OH excluding ortho intramolecular Hbond substituents is 1. The van der Waals surface area contributed by atoms with Crippen molar-refractivity contribution in [1.29, 1.82) is 0 Å². The van der Waals surface area contributed by atoms with Gasteiger partial charge in [-0.3, -0.25) is 9.79 Å². The number of rotatable bonds is 4. The first-order chi connectivity index (χ1) is 13.2. The Kier molecular flexibility index (Phi) is 5.33. The van der Waals surface area contributed by atoms with Gasteiger partial charge in [-0.05, 0) is 43.4 Å². The largest absolute Gasteiger partial charge is 0.504 e. The van der Waals surface area contributed by atoms with E-state index in [1.807, 2.05) is 6.92 Å². The van der Waals surface area contributed by atoms with Crippen molar-refractivity contribution in [2.75, 3.05) is 13.7 Å². The maximum absolute atomic E-state index is 13.1. The molecule has 1 saturated carbocycles. The number of hydrogen-bond acceptors (Lipinski definition) is 6. The Morgan fingerprint density at radius 1 is 1.29 bits per heavy atom. The second-order valence-electron chi connectivity index (χ2n) is 8.19. The minimum atomic E-state index is -0.511. The van der Waals surface area contributed by atoms with Crippen LogP contribution < -0.4 is 4.74 Å². The molecule has 1 aromatic rings. The van der Waals surface area contributed by atoms with Crippen LogP contribution in [0.5, 0.6) is 11.5 Å². The number of esters is 1. The van der Waals surface area contributed by atoms with Crippen LogP contribution in [-0.2, 0) is 14.3 Å². The highest BCUT2D eigenvalue weighted by molar-refractivity contribution is 6.12. The van der Waals surface area contributed by atoms with E-state index in [1.54, 1.807) is 19.1 Å². The molecule has 28 heavy (non-hydrogen) atoms. The molecule has 6 nitrogen and oxygen atoms in total. The lowest BCUT2D eigenvalue weighted by Crippen LogP contribution is -2.44. The second kappa shape index (κ2) is 7.41. The Bertz CT molecular complexity index is 881. The van der Waals surface area contributed by atoms with E-state index in [4.69, 9.17) is 9.47 Å². The van der Waals surface area contributed by atoms with Gasteiger partial charge >= 0.3 is 5.97 Å². The van der Waals surface area contributed by atoms with Crippen LogP contribution in [0.2, 0.25) is 0 Å². The summed E-state index contributed by atoms with van der Waals surface area (Å²) in [5.74, 6) is -1.09. The van der Waals surface area contributed by atoms with E-state index < -0.39 is 17.8 Å². The molecule has 0 amide bonds. The summed E-state index contributed by atoms with van der Waals surface area (Å²) in [6.07, 6.45) is 1.12. The first kappa shape index (κ1) is 20.1. The summed E-state index contributed by atoms with van der Waals surface area (Å²) in [5.41, 5.74) is 2.33. The predicted octanol–water partition coefficient (Wildman–Crippen LogP) is 3.78. The number of benzene rings is 1. The number of hydrogen-bond donors (Lipinski definition) is 1. The van der Waals surface area contributed by atoms with Gasteiger partial charge in [0.15, 0.2) is 11.5 Å². The monoisotopic (exact) mass is 385 g/mol. The third kappa shape index (κ3) is 3.55. The van der Waals surface area contributed by atoms with Gasteiger partial charge < -0.3 is 14.6 Å². The molecular formula is C22H27NO5. The Balaban J connectivity index is 2.18. The van der Waals surface area contributed by atoms with Gasteiger partial charge in [-0.25, -0.2) is 4.79 Å². The number of ketones is 1. The molecule has 0 bridgehead atoms. The highest BCUT2D eigenvalue weighted by atomic mass is 16.5. The van der Waals surface area contributed by atoms with Crippen molar-refractivity contribution in [1.82, 2.24) is 0 Å². The van der Waals surface area contributed by atoms with Crippen LogP contribution in [0.25, 0.3) is 0 Å². The number of aliphatic imine (C=N–C) groups is 1. The molecular weight excluding hydrogens is 358 g/mol. The first-order valence-corrected chi connectivity index (χ1v) is 9.53. The Morgan fingerprint density at radius 3 is 2.64 bits per heavy atom. The van der Waals surface area contributed by atoms with E-state index in [1.165, 1.54) is 13.2 Å². The Morgan fingerprint density at radius 2 is 2.00 bits per heavy atom. The fourth-order valence-electron chi connectivity index (χ4n) is 4.32. The lowest BCUT2D eigenvalue weighted by Gasteiger charge is -2.41. The summed E-state index contributed by atoms with van der Waals surface area (Å²) in [6, 6.07) is 4.97. The van der Waals surface area contributed by atoms with Crippen molar-refractivity contribution in [2.45, 2.75) is 46.5 Å². The number of Topliss-reactive ketones (excluding diaryl/α,β-unsaturated/α-hetero) is 1. The third-order valence-corrected chi connectivity index (χ3v) is 5.41. The minimum absolute atomic E-state index is 0.0201. The van der Waals surface area contributed by atoms with Crippen LogP contribution in [-0.4, -0.2) is 36.3 Å². The number of nitrogens with zero attached hydrogens (tertiary/aromatic N) is 1. The number of aromatic hydroxyl groups is 1. The molecule has 0 aromatic heterocycles. The van der Waals surface area contributed by atoms with E-state index >= 15 is 0 Å². The number of carbonyl (C=O) groups is 2. The third-order valence-electron chi connectivity index (χ3n) is 5.41. The van der Waals surface area contributed by atoms with E-state index in [0.29, 0.717) is 36.5 Å². The molecule has 1 fully saturated rings. The molecule has 3 rings (SSSR count). The standard InChI is InChI=1S/C22H27NO5/c1-6-28-17-9-13(7-8-15(17)24)19-18(21(26)27-5)12(2)23-14-10-22(3,4)11-16(25)20(14)19/h7-9,19-20,24H,6,10-11H2,1-5H3/t19-,20?/m1/s1. The number of phenols is 1. The first-order valence-electron chi connectivity index (χ1n) is 9.53. The lowest BCUT2D eigenvalue weighted by atomic mass is 9.63. The predicted molar refractivity (Wildman–Crippen MR) is 106 cm³/mol. The fourth-order valence-corrected chi connectivity index (χ4v) is 4.32.